The van der Waals surface area contributed by atoms with Gasteiger partial charge in [-0.2, -0.15) is 0 Å². The lowest BCUT2D eigenvalue weighted by Gasteiger charge is -2.25. The second-order valence-corrected chi connectivity index (χ2v) is 6.19. The van der Waals surface area contributed by atoms with Crippen molar-refractivity contribution in [2.45, 2.75) is 39.2 Å². The van der Waals surface area contributed by atoms with Crippen LogP contribution in [0.1, 0.15) is 42.9 Å². The Kier molecular flexibility index (Phi) is 5.37. The van der Waals surface area contributed by atoms with Crippen LogP contribution in [0.4, 0.5) is 4.79 Å². The highest BCUT2D eigenvalue weighted by Crippen LogP contribution is 2.41. The number of nitrogens with zero attached hydrogens (tertiary/aromatic N) is 2. The van der Waals surface area contributed by atoms with Crippen LogP contribution < -0.4 is 5.32 Å². The summed E-state index contributed by atoms with van der Waals surface area (Å²) in [6, 6.07) is -0.0649. The van der Waals surface area contributed by atoms with Crippen molar-refractivity contribution in [1.82, 2.24) is 15.2 Å². The molecule has 5 nitrogen and oxygen atoms in total. The van der Waals surface area contributed by atoms with E-state index in [1.54, 1.807) is 16.2 Å². The molecule has 1 saturated carbocycles. The third-order valence-corrected chi connectivity index (χ3v) is 4.47. The van der Waals surface area contributed by atoms with Gasteiger partial charge in [0.25, 0.3) is 0 Å². The van der Waals surface area contributed by atoms with Gasteiger partial charge in [-0.25, -0.2) is 9.78 Å². The Balaban J connectivity index is 2.02. The summed E-state index contributed by atoms with van der Waals surface area (Å²) in [4.78, 5) is 18.5. The van der Waals surface area contributed by atoms with E-state index in [0.29, 0.717) is 19.0 Å². The summed E-state index contributed by atoms with van der Waals surface area (Å²) in [7, 11) is 0. The van der Waals surface area contributed by atoms with Gasteiger partial charge in [-0.05, 0) is 32.1 Å². The van der Waals surface area contributed by atoms with E-state index in [-0.39, 0.29) is 18.7 Å². The number of aliphatic hydroxyl groups is 1. The van der Waals surface area contributed by atoms with Gasteiger partial charge in [0.1, 0.15) is 5.01 Å². The summed E-state index contributed by atoms with van der Waals surface area (Å²) in [6.07, 6.45) is 3.19. The van der Waals surface area contributed by atoms with E-state index < -0.39 is 0 Å². The molecule has 1 aromatic rings. The average Bonchev–Trinajstić information content (AvgIpc) is 3.17. The molecule has 112 valence electrons. The first-order valence-corrected chi connectivity index (χ1v) is 8.12. The van der Waals surface area contributed by atoms with Gasteiger partial charge in [0.15, 0.2) is 0 Å². The first kappa shape index (κ1) is 15.3. The smallest absolute Gasteiger partial charge is 0.318 e. The highest BCUT2D eigenvalue weighted by Gasteiger charge is 2.35. The number of hydrogen-bond acceptors (Lipinski definition) is 4. The van der Waals surface area contributed by atoms with Crippen molar-refractivity contribution in [3.05, 3.63) is 16.1 Å². The number of aliphatic hydroxyl groups excluding tert-OH is 1. The molecule has 20 heavy (non-hydrogen) atoms. The molecule has 0 radical (unpaired) electrons. The van der Waals surface area contributed by atoms with Crippen LogP contribution in [0.3, 0.4) is 0 Å². The number of carbonyl (C=O) groups excluding carboxylic acids is 1. The van der Waals surface area contributed by atoms with Crippen LogP contribution >= 0.6 is 11.3 Å². The van der Waals surface area contributed by atoms with E-state index in [1.165, 1.54) is 0 Å². The number of amides is 2. The lowest BCUT2D eigenvalue weighted by molar-refractivity contribution is 0.173. The maximum absolute atomic E-state index is 12.3. The van der Waals surface area contributed by atoms with Crippen LogP contribution in [0.25, 0.3) is 0 Å². The van der Waals surface area contributed by atoms with Crippen molar-refractivity contribution < 1.29 is 9.90 Å². The normalized spacial score (nSPS) is 15.9. The molecule has 1 aromatic heterocycles. The van der Waals surface area contributed by atoms with Crippen molar-refractivity contribution >= 4 is 17.4 Å². The number of aryl methyl sites for hydroxylation is 1. The molecule has 2 rings (SSSR count). The Bertz CT molecular complexity index is 439. The number of nitrogens with one attached hydrogen (secondary N) is 1. The summed E-state index contributed by atoms with van der Waals surface area (Å²) in [6.45, 7) is 5.05. The van der Waals surface area contributed by atoms with Gasteiger partial charge in [-0.15, -0.1) is 11.3 Å². The zero-order chi connectivity index (χ0) is 14.5. The van der Waals surface area contributed by atoms with Crippen molar-refractivity contribution in [2.75, 3.05) is 19.7 Å². The van der Waals surface area contributed by atoms with Crippen LogP contribution in [-0.4, -0.2) is 40.7 Å². The SMILES string of the molecule is CCCN(CCO)C(=O)NC(c1nc(C)cs1)C1CC1. The van der Waals surface area contributed by atoms with Crippen LogP contribution in [0.15, 0.2) is 5.38 Å². The van der Waals surface area contributed by atoms with E-state index >= 15 is 0 Å². The molecule has 0 saturated heterocycles. The fraction of sp³-hybridized carbons (Fsp3) is 0.714. The first-order valence-electron chi connectivity index (χ1n) is 7.24. The Morgan fingerprint density at radius 2 is 2.35 bits per heavy atom. The van der Waals surface area contributed by atoms with Gasteiger partial charge in [0.05, 0.1) is 12.6 Å². The highest BCUT2D eigenvalue weighted by molar-refractivity contribution is 7.09. The number of thiazole rings is 1. The molecule has 0 aliphatic heterocycles. The maximum atomic E-state index is 12.3. The molecular formula is C14H23N3O2S. The summed E-state index contributed by atoms with van der Waals surface area (Å²) in [5.41, 5.74) is 1.01. The molecule has 0 bridgehead atoms. The van der Waals surface area contributed by atoms with E-state index in [9.17, 15) is 4.79 Å². The van der Waals surface area contributed by atoms with Crippen molar-refractivity contribution in [3.63, 3.8) is 0 Å². The number of rotatable bonds is 7. The van der Waals surface area contributed by atoms with Gasteiger partial charge in [-0.1, -0.05) is 6.92 Å². The largest absolute Gasteiger partial charge is 0.395 e. The van der Waals surface area contributed by atoms with E-state index in [4.69, 9.17) is 5.11 Å². The molecule has 1 aliphatic rings. The van der Waals surface area contributed by atoms with Gasteiger partial charge in [-0.3, -0.25) is 0 Å². The minimum Gasteiger partial charge on any atom is -0.395 e. The zero-order valence-electron chi connectivity index (χ0n) is 12.1. The Morgan fingerprint density at radius 3 is 2.85 bits per heavy atom. The minimum absolute atomic E-state index is 0.00211. The summed E-state index contributed by atoms with van der Waals surface area (Å²) >= 11 is 1.61. The molecule has 6 heteroatoms. The Hall–Kier alpha value is -1.14. The fourth-order valence-corrected chi connectivity index (χ4v) is 3.19. The molecule has 1 fully saturated rings. The van der Waals surface area contributed by atoms with Gasteiger partial charge < -0.3 is 15.3 Å². The second-order valence-electron chi connectivity index (χ2n) is 5.30. The van der Waals surface area contributed by atoms with E-state index in [1.807, 2.05) is 19.2 Å². The molecule has 1 atom stereocenters. The molecule has 0 aromatic carbocycles. The van der Waals surface area contributed by atoms with Crippen LogP contribution in [0, 0.1) is 12.8 Å². The van der Waals surface area contributed by atoms with Gasteiger partial charge >= 0.3 is 6.03 Å². The van der Waals surface area contributed by atoms with E-state index in [0.717, 1.165) is 30.0 Å². The van der Waals surface area contributed by atoms with Crippen molar-refractivity contribution in [1.29, 1.82) is 0 Å². The zero-order valence-corrected chi connectivity index (χ0v) is 12.9. The number of urea groups is 1. The number of hydrogen-bond donors (Lipinski definition) is 2. The predicted octanol–water partition coefficient (Wildman–Crippen LogP) is 2.32. The monoisotopic (exact) mass is 297 g/mol. The summed E-state index contributed by atoms with van der Waals surface area (Å²) in [5.74, 6) is 0.516. The first-order chi connectivity index (χ1) is 9.65. The lowest BCUT2D eigenvalue weighted by atomic mass is 10.2. The third kappa shape index (κ3) is 3.93. The lowest BCUT2D eigenvalue weighted by Crippen LogP contribution is -2.43. The Labute approximate surface area is 124 Å². The van der Waals surface area contributed by atoms with Gasteiger partial charge in [0, 0.05) is 24.2 Å². The second kappa shape index (κ2) is 7.04. The van der Waals surface area contributed by atoms with Crippen LogP contribution in [0.2, 0.25) is 0 Å². The van der Waals surface area contributed by atoms with Crippen LogP contribution in [0.5, 0.6) is 0 Å². The molecule has 1 unspecified atom stereocenters. The highest BCUT2D eigenvalue weighted by atomic mass is 32.1. The predicted molar refractivity (Wildman–Crippen MR) is 79.8 cm³/mol. The number of carbonyl (C=O) groups is 1. The molecule has 2 N–H and O–H groups in total. The van der Waals surface area contributed by atoms with Crippen LogP contribution in [-0.2, 0) is 0 Å². The quantitative estimate of drug-likeness (QED) is 0.811. The standard InChI is InChI=1S/C14H23N3O2S/c1-3-6-17(7-8-18)14(19)16-12(11-4-5-11)13-15-10(2)9-20-13/h9,11-12,18H,3-8H2,1-2H3,(H,16,19). The Morgan fingerprint density at radius 1 is 1.60 bits per heavy atom. The minimum atomic E-state index is -0.0920. The molecule has 2 amide bonds. The summed E-state index contributed by atoms with van der Waals surface area (Å²) in [5, 5.41) is 15.2. The topological polar surface area (TPSA) is 65.5 Å². The van der Waals surface area contributed by atoms with E-state index in [2.05, 4.69) is 10.3 Å². The van der Waals surface area contributed by atoms with Gasteiger partial charge in [0.2, 0.25) is 0 Å². The van der Waals surface area contributed by atoms with Crippen molar-refractivity contribution in [2.24, 2.45) is 5.92 Å². The maximum Gasteiger partial charge on any atom is 0.318 e. The molecule has 1 heterocycles. The molecule has 0 spiro atoms. The van der Waals surface area contributed by atoms with Crippen molar-refractivity contribution in [3.8, 4) is 0 Å². The fourth-order valence-electron chi connectivity index (χ4n) is 2.26. The third-order valence-electron chi connectivity index (χ3n) is 3.43. The average molecular weight is 297 g/mol. The molecular weight excluding hydrogens is 274 g/mol. The summed E-state index contributed by atoms with van der Waals surface area (Å²) < 4.78 is 0. The molecule has 1 aliphatic carbocycles. The number of aromatic nitrogens is 1.